The second kappa shape index (κ2) is 6.32. The van der Waals surface area contributed by atoms with Crippen molar-refractivity contribution in [2.75, 3.05) is 5.32 Å². The number of anilines is 1. The SMILES string of the molecule is CC[C@@H](C)NC(=O)C(=O)Nc1c2c(nn1C(C)(C)C)CSC2. The molecule has 0 fully saturated rings. The summed E-state index contributed by atoms with van der Waals surface area (Å²) in [7, 11) is 0. The summed E-state index contributed by atoms with van der Waals surface area (Å²) in [5, 5.41) is 10.0. The fourth-order valence-electron chi connectivity index (χ4n) is 2.18. The average molecular weight is 324 g/mol. The number of carbonyl (C=O) groups is 2. The average Bonchev–Trinajstić information content (AvgIpc) is 3.00. The molecule has 1 atom stereocenters. The fourth-order valence-corrected chi connectivity index (χ4v) is 3.22. The number of rotatable bonds is 3. The molecule has 0 unspecified atom stereocenters. The van der Waals surface area contributed by atoms with E-state index in [1.54, 1.807) is 11.8 Å². The maximum absolute atomic E-state index is 12.2. The van der Waals surface area contributed by atoms with Crippen LogP contribution in [0.1, 0.15) is 52.3 Å². The van der Waals surface area contributed by atoms with Gasteiger partial charge in [-0.3, -0.25) is 9.59 Å². The molecule has 0 aromatic carbocycles. The topological polar surface area (TPSA) is 76.0 Å². The van der Waals surface area contributed by atoms with Gasteiger partial charge >= 0.3 is 11.8 Å². The molecule has 1 aliphatic rings. The Balaban J connectivity index is 2.22. The molecule has 0 saturated carbocycles. The van der Waals surface area contributed by atoms with Gasteiger partial charge in [-0.05, 0) is 34.1 Å². The quantitative estimate of drug-likeness (QED) is 0.836. The van der Waals surface area contributed by atoms with Crippen molar-refractivity contribution in [2.45, 2.75) is 64.1 Å². The molecule has 7 heteroatoms. The lowest BCUT2D eigenvalue weighted by Gasteiger charge is -2.23. The molecule has 0 saturated heterocycles. The van der Waals surface area contributed by atoms with Crippen LogP contribution in [0.25, 0.3) is 0 Å². The van der Waals surface area contributed by atoms with Crippen molar-refractivity contribution in [3.63, 3.8) is 0 Å². The first-order valence-electron chi connectivity index (χ1n) is 7.54. The van der Waals surface area contributed by atoms with E-state index in [-0.39, 0.29) is 11.6 Å². The van der Waals surface area contributed by atoms with Gasteiger partial charge < -0.3 is 10.6 Å². The zero-order chi connectivity index (χ0) is 16.5. The fraction of sp³-hybridized carbons (Fsp3) is 0.667. The van der Waals surface area contributed by atoms with Gasteiger partial charge in [0.15, 0.2) is 0 Å². The molecular weight excluding hydrogens is 300 g/mol. The van der Waals surface area contributed by atoms with Crippen molar-refractivity contribution >= 4 is 29.4 Å². The highest BCUT2D eigenvalue weighted by Crippen LogP contribution is 2.37. The molecule has 2 heterocycles. The van der Waals surface area contributed by atoms with Gasteiger partial charge in [-0.25, -0.2) is 4.68 Å². The van der Waals surface area contributed by atoms with E-state index >= 15 is 0 Å². The van der Waals surface area contributed by atoms with Crippen molar-refractivity contribution in [3.8, 4) is 0 Å². The van der Waals surface area contributed by atoms with Crippen LogP contribution in [-0.4, -0.2) is 27.6 Å². The van der Waals surface area contributed by atoms with Crippen LogP contribution < -0.4 is 10.6 Å². The van der Waals surface area contributed by atoms with E-state index < -0.39 is 11.8 Å². The highest BCUT2D eigenvalue weighted by atomic mass is 32.2. The van der Waals surface area contributed by atoms with E-state index in [0.29, 0.717) is 5.82 Å². The minimum Gasteiger partial charge on any atom is -0.345 e. The van der Waals surface area contributed by atoms with Crippen molar-refractivity contribution < 1.29 is 9.59 Å². The van der Waals surface area contributed by atoms with E-state index in [1.807, 2.05) is 39.3 Å². The van der Waals surface area contributed by atoms with Gasteiger partial charge in [0.05, 0.1) is 11.2 Å². The Morgan fingerprint density at radius 2 is 2.00 bits per heavy atom. The Bertz CT molecular complexity index is 589. The summed E-state index contributed by atoms with van der Waals surface area (Å²) >= 11 is 1.77. The van der Waals surface area contributed by atoms with Gasteiger partial charge in [-0.1, -0.05) is 6.92 Å². The first kappa shape index (κ1) is 16.9. The molecule has 0 radical (unpaired) electrons. The molecule has 1 aromatic heterocycles. The molecule has 0 aliphatic carbocycles. The van der Waals surface area contributed by atoms with Crippen LogP contribution in [0.4, 0.5) is 5.82 Å². The summed E-state index contributed by atoms with van der Waals surface area (Å²) in [5.41, 5.74) is 1.77. The van der Waals surface area contributed by atoms with Crippen LogP contribution in [0.3, 0.4) is 0 Å². The van der Waals surface area contributed by atoms with Crippen molar-refractivity contribution in [1.82, 2.24) is 15.1 Å². The number of thioether (sulfide) groups is 1. The van der Waals surface area contributed by atoms with Crippen LogP contribution in [0.5, 0.6) is 0 Å². The third-order valence-electron chi connectivity index (χ3n) is 3.62. The van der Waals surface area contributed by atoms with Crippen molar-refractivity contribution in [2.24, 2.45) is 0 Å². The third kappa shape index (κ3) is 3.45. The molecule has 6 nitrogen and oxygen atoms in total. The number of aromatic nitrogens is 2. The second-order valence-corrected chi connectivity index (χ2v) is 7.57. The lowest BCUT2D eigenvalue weighted by molar-refractivity contribution is -0.136. The van der Waals surface area contributed by atoms with Gasteiger partial charge in [0.1, 0.15) is 5.82 Å². The maximum Gasteiger partial charge on any atom is 0.314 e. The van der Waals surface area contributed by atoms with Gasteiger partial charge in [0, 0.05) is 23.1 Å². The molecule has 122 valence electrons. The van der Waals surface area contributed by atoms with Gasteiger partial charge in [-0.2, -0.15) is 16.9 Å². The smallest absolute Gasteiger partial charge is 0.314 e. The Labute approximate surface area is 135 Å². The van der Waals surface area contributed by atoms with Crippen LogP contribution in [0.2, 0.25) is 0 Å². The summed E-state index contributed by atoms with van der Waals surface area (Å²) in [5.74, 6) is 1.08. The number of nitrogens with zero attached hydrogens (tertiary/aromatic N) is 2. The van der Waals surface area contributed by atoms with E-state index in [0.717, 1.165) is 29.2 Å². The molecule has 2 N–H and O–H groups in total. The maximum atomic E-state index is 12.2. The predicted octanol–water partition coefficient (Wildman–Crippen LogP) is 2.24. The zero-order valence-corrected chi connectivity index (χ0v) is 14.6. The summed E-state index contributed by atoms with van der Waals surface area (Å²) in [6, 6.07) is -0.0213. The standard InChI is InChI=1S/C15H24N4O2S/c1-6-9(2)16-13(20)14(21)17-12-10-7-22-8-11(10)18-19(12)15(3,4)5/h9H,6-8H2,1-5H3,(H,16,20)(H,17,21)/t9-/m1/s1. The third-order valence-corrected chi connectivity index (χ3v) is 4.59. The first-order valence-corrected chi connectivity index (χ1v) is 8.70. The Hall–Kier alpha value is -1.50. The molecule has 2 rings (SSSR count). The van der Waals surface area contributed by atoms with E-state index in [1.165, 1.54) is 0 Å². The van der Waals surface area contributed by atoms with Crippen molar-refractivity contribution in [3.05, 3.63) is 11.3 Å². The predicted molar refractivity (Wildman–Crippen MR) is 88.7 cm³/mol. The molecule has 22 heavy (non-hydrogen) atoms. The molecule has 1 aliphatic heterocycles. The normalized spacial score (nSPS) is 15.3. The van der Waals surface area contributed by atoms with Crippen LogP contribution in [0.15, 0.2) is 0 Å². The molecular formula is C15H24N4O2S. The second-order valence-electron chi connectivity index (χ2n) is 6.59. The van der Waals surface area contributed by atoms with Crippen LogP contribution in [0, 0.1) is 0 Å². The number of amides is 2. The number of hydrogen-bond donors (Lipinski definition) is 2. The number of carbonyl (C=O) groups excluding carboxylic acids is 2. The van der Waals surface area contributed by atoms with Gasteiger partial charge in [0.2, 0.25) is 0 Å². The minimum absolute atomic E-state index is 0.0213. The van der Waals surface area contributed by atoms with E-state index in [9.17, 15) is 9.59 Å². The van der Waals surface area contributed by atoms with Crippen LogP contribution >= 0.6 is 11.8 Å². The Kier molecular flexibility index (Phi) is 4.84. The molecule has 2 amide bonds. The number of fused-ring (bicyclic) bond motifs is 1. The van der Waals surface area contributed by atoms with Crippen molar-refractivity contribution in [1.29, 1.82) is 0 Å². The van der Waals surface area contributed by atoms with Gasteiger partial charge in [-0.15, -0.1) is 0 Å². The number of nitrogens with one attached hydrogen (secondary N) is 2. The first-order chi connectivity index (χ1) is 10.2. The largest absolute Gasteiger partial charge is 0.345 e. The summed E-state index contributed by atoms with van der Waals surface area (Å²) < 4.78 is 1.81. The molecule has 1 aromatic rings. The summed E-state index contributed by atoms with van der Waals surface area (Å²) in [6.45, 7) is 9.91. The lowest BCUT2D eigenvalue weighted by atomic mass is 10.1. The lowest BCUT2D eigenvalue weighted by Crippen LogP contribution is -2.41. The molecule has 0 spiro atoms. The number of hydrogen-bond acceptors (Lipinski definition) is 4. The van der Waals surface area contributed by atoms with Gasteiger partial charge in [0.25, 0.3) is 0 Å². The van der Waals surface area contributed by atoms with E-state index in [4.69, 9.17) is 0 Å². The summed E-state index contributed by atoms with van der Waals surface area (Å²) in [6.07, 6.45) is 0.783. The van der Waals surface area contributed by atoms with Crippen LogP contribution in [-0.2, 0) is 26.6 Å². The Morgan fingerprint density at radius 1 is 1.32 bits per heavy atom. The molecule has 0 bridgehead atoms. The zero-order valence-electron chi connectivity index (χ0n) is 13.8. The summed E-state index contributed by atoms with van der Waals surface area (Å²) in [4.78, 5) is 24.1. The minimum atomic E-state index is -0.634. The highest BCUT2D eigenvalue weighted by molar-refractivity contribution is 7.98. The highest BCUT2D eigenvalue weighted by Gasteiger charge is 2.30. The van der Waals surface area contributed by atoms with E-state index in [2.05, 4.69) is 15.7 Å². The monoisotopic (exact) mass is 324 g/mol. The Morgan fingerprint density at radius 3 is 2.59 bits per heavy atom.